The first-order valence-electron chi connectivity index (χ1n) is 45.1. The molecule has 0 saturated carbocycles. The molecule has 2 aliphatic carbocycles. The monoisotopic (exact) mass is 1670 g/mol. The Morgan fingerprint density at radius 2 is 0.308 bits per heavy atom. The summed E-state index contributed by atoms with van der Waals surface area (Å²) >= 11 is 0. The van der Waals surface area contributed by atoms with Crippen LogP contribution in [-0.4, -0.2) is 0 Å². The molecule has 18 aromatic rings. The van der Waals surface area contributed by atoms with E-state index in [2.05, 4.69) is 555 Å². The molecule has 18 aromatic carbocycles. The molecule has 0 saturated heterocycles. The van der Waals surface area contributed by atoms with Crippen LogP contribution in [0.5, 0.6) is 0 Å². The summed E-state index contributed by atoms with van der Waals surface area (Å²) in [6, 6.07) is 166. The fourth-order valence-corrected chi connectivity index (χ4v) is 17.2. The summed E-state index contributed by atoms with van der Waals surface area (Å²) < 4.78 is 0. The van der Waals surface area contributed by atoms with Gasteiger partial charge < -0.3 is 19.6 Å². The lowest BCUT2D eigenvalue weighted by Gasteiger charge is -2.28. The topological polar surface area (TPSA) is 13.0 Å². The molecule has 0 unspecified atom stereocenters. The molecule has 0 fully saturated rings. The number of hydrogen-bond donors (Lipinski definition) is 0. The van der Waals surface area contributed by atoms with Crippen LogP contribution in [0.2, 0.25) is 0 Å². The first kappa shape index (κ1) is 83.2. The maximum atomic E-state index is 2.36. The van der Waals surface area contributed by atoms with E-state index in [9.17, 15) is 0 Å². The number of benzene rings is 18. The van der Waals surface area contributed by atoms with Gasteiger partial charge in [-0.2, -0.15) is 0 Å². The molecule has 0 atom stereocenters. The van der Waals surface area contributed by atoms with Gasteiger partial charge in [0.05, 0.1) is 0 Å². The minimum atomic E-state index is 1.04. The van der Waals surface area contributed by atoms with E-state index in [1.165, 1.54) is 112 Å². The van der Waals surface area contributed by atoms with Crippen LogP contribution in [0.1, 0.15) is 59.1 Å². The lowest BCUT2D eigenvalue weighted by Crippen LogP contribution is -2.16. The van der Waals surface area contributed by atoms with Gasteiger partial charge in [-0.25, -0.2) is 0 Å². The molecule has 0 radical (unpaired) electrons. The van der Waals surface area contributed by atoms with Crippen molar-refractivity contribution < 1.29 is 0 Å². The number of rotatable bonds is 24. The van der Waals surface area contributed by atoms with Gasteiger partial charge in [-0.3, -0.25) is 0 Å². The highest BCUT2D eigenvalue weighted by Crippen LogP contribution is 2.43. The molecular weight excluding hydrogens is 1570 g/mol. The van der Waals surface area contributed by atoms with E-state index >= 15 is 0 Å². The number of allylic oxidation sites excluding steroid dienone is 6. The molecule has 0 spiro atoms. The zero-order valence-electron chi connectivity index (χ0n) is 73.3. The minimum Gasteiger partial charge on any atom is -0.311 e. The van der Waals surface area contributed by atoms with Crippen molar-refractivity contribution in [2.24, 2.45) is 0 Å². The van der Waals surface area contributed by atoms with Gasteiger partial charge in [-0.05, 0) is 284 Å². The number of nitrogens with zero attached hydrogens (tertiary/aromatic N) is 4. The Bertz CT molecular complexity index is 6540. The standard InChI is InChI=1S/C64H50N2.C62H50N2/c1-47-13-35-59(36-14-47)65(63-43-31-57(32-44-63)55-27-23-53(24-28-55)51-9-5-3-6-10-51)61-39-19-49(20-40-61)17-18-50-21-41-62(42-22-50)66(60-37-15-48(2)16-38-60)64-45-33-58(34-46-64)56-29-25-54(26-30-56)52-11-7-4-8-12-52;1-5-13-49(14-6-1)51-27-31-53(32-28-51)55-35-43-61(44-36-55)63(57-17-9-3-10-18-57)59-39-23-47(24-40-59)21-22-48-25-41-60(42-26-48)64(58-19-11-4-12-20-58)62-45-37-56(38-46-62)54-33-29-52(30-34-54)50-15-7-2-8-16-50/h3-46H,1-2H3;1-2,5-9,11,13-46H,3-4,10,12H2/b18-17+;22-21+. The SMILES string of the molecule is C1=CC(N(c2ccc(/C=C/c3ccc(N(C4=CCCC=C4)c4ccc(-c5ccc(-c6ccccc6)cc5)cc4)cc3)cc2)c2ccc(-c3ccc(-c4ccccc4)cc3)cc2)=CCC1.Cc1ccc(N(c2ccc(/C=C/c3ccc(N(c4ccc(C)cc4)c4ccc(-c5ccc(-c6ccccc6)cc5)cc4)cc3)cc2)c2ccc(-c3ccc(-c4ccccc4)cc3)cc2)cc1. The van der Waals surface area contributed by atoms with Gasteiger partial charge in [0.2, 0.25) is 0 Å². The molecule has 2 aliphatic rings. The van der Waals surface area contributed by atoms with Crippen molar-refractivity contribution in [3.8, 4) is 89.0 Å². The van der Waals surface area contributed by atoms with E-state index in [0.717, 1.165) is 105 Å². The van der Waals surface area contributed by atoms with Crippen LogP contribution in [0.3, 0.4) is 0 Å². The van der Waals surface area contributed by atoms with Gasteiger partial charge >= 0.3 is 0 Å². The van der Waals surface area contributed by atoms with Crippen molar-refractivity contribution in [1.29, 1.82) is 0 Å². The fraction of sp³-hybridized carbons (Fsp3) is 0.0476. The predicted octanol–water partition coefficient (Wildman–Crippen LogP) is 35.4. The highest BCUT2D eigenvalue weighted by molar-refractivity contribution is 5.86. The summed E-state index contributed by atoms with van der Waals surface area (Å²) in [5.41, 5.74) is 40.1. The zero-order chi connectivity index (χ0) is 87.6. The first-order chi connectivity index (χ1) is 64.2. The second kappa shape index (κ2) is 39.8. The molecule has 0 aliphatic heterocycles. The van der Waals surface area contributed by atoms with E-state index in [1.54, 1.807) is 0 Å². The van der Waals surface area contributed by atoms with Gasteiger partial charge in [0.15, 0.2) is 0 Å². The Hall–Kier alpha value is -16.4. The van der Waals surface area contributed by atoms with E-state index in [1.807, 2.05) is 0 Å². The van der Waals surface area contributed by atoms with E-state index in [4.69, 9.17) is 0 Å². The molecule has 0 aromatic heterocycles. The van der Waals surface area contributed by atoms with E-state index in [-0.39, 0.29) is 0 Å². The largest absolute Gasteiger partial charge is 0.311 e. The smallest absolute Gasteiger partial charge is 0.0462 e. The molecule has 4 heteroatoms. The number of hydrogen-bond acceptors (Lipinski definition) is 4. The normalized spacial score (nSPS) is 12.2. The third-order valence-electron chi connectivity index (χ3n) is 24.4. The van der Waals surface area contributed by atoms with Crippen LogP contribution in [0.25, 0.3) is 113 Å². The third-order valence-corrected chi connectivity index (χ3v) is 24.4. The van der Waals surface area contributed by atoms with Crippen molar-refractivity contribution in [3.05, 3.63) is 542 Å². The number of anilines is 10. The van der Waals surface area contributed by atoms with Gasteiger partial charge in [-0.1, -0.05) is 399 Å². The van der Waals surface area contributed by atoms with Gasteiger partial charge in [0, 0.05) is 68.3 Å². The molecular formula is C126H100N4. The second-order valence-electron chi connectivity index (χ2n) is 33.2. The molecule has 0 heterocycles. The van der Waals surface area contributed by atoms with Crippen LogP contribution >= 0.6 is 0 Å². The van der Waals surface area contributed by atoms with Crippen molar-refractivity contribution in [2.75, 3.05) is 19.6 Å². The van der Waals surface area contributed by atoms with Gasteiger partial charge in [0.1, 0.15) is 0 Å². The lowest BCUT2D eigenvalue weighted by molar-refractivity contribution is 0.997. The molecule has 0 N–H and O–H groups in total. The highest BCUT2D eigenvalue weighted by atomic mass is 15.2. The minimum absolute atomic E-state index is 1.04. The van der Waals surface area contributed by atoms with Crippen molar-refractivity contribution in [1.82, 2.24) is 0 Å². The Morgan fingerprint density at radius 1 is 0.154 bits per heavy atom. The fourth-order valence-electron chi connectivity index (χ4n) is 17.2. The molecule has 130 heavy (non-hydrogen) atoms. The quantitative estimate of drug-likeness (QED) is 0.0559. The average Bonchev–Trinajstić information content (AvgIpc) is 0.809. The summed E-state index contributed by atoms with van der Waals surface area (Å²) in [6.07, 6.45) is 26.8. The summed E-state index contributed by atoms with van der Waals surface area (Å²) in [4.78, 5) is 9.38. The van der Waals surface area contributed by atoms with Gasteiger partial charge in [0.25, 0.3) is 0 Å². The maximum absolute atomic E-state index is 2.36. The van der Waals surface area contributed by atoms with Crippen LogP contribution in [0.15, 0.2) is 509 Å². The predicted molar refractivity (Wildman–Crippen MR) is 556 cm³/mol. The van der Waals surface area contributed by atoms with Crippen LogP contribution in [0.4, 0.5) is 56.9 Å². The lowest BCUT2D eigenvalue weighted by atomic mass is 10.00. The molecule has 20 rings (SSSR count). The van der Waals surface area contributed by atoms with Crippen molar-refractivity contribution >= 4 is 81.2 Å². The highest BCUT2D eigenvalue weighted by Gasteiger charge is 2.21. The Labute approximate surface area is 766 Å². The Morgan fingerprint density at radius 3 is 0.485 bits per heavy atom. The maximum Gasteiger partial charge on any atom is 0.0462 e. The molecule has 4 nitrogen and oxygen atoms in total. The zero-order valence-corrected chi connectivity index (χ0v) is 73.3. The van der Waals surface area contributed by atoms with Crippen LogP contribution in [-0.2, 0) is 0 Å². The first-order valence-corrected chi connectivity index (χ1v) is 45.1. The van der Waals surface area contributed by atoms with E-state index < -0.39 is 0 Å². The molecule has 0 bridgehead atoms. The summed E-state index contributed by atoms with van der Waals surface area (Å²) in [5.74, 6) is 0. The van der Waals surface area contributed by atoms with Crippen molar-refractivity contribution in [3.63, 3.8) is 0 Å². The average molecular weight is 1670 g/mol. The third kappa shape index (κ3) is 19.9. The van der Waals surface area contributed by atoms with Crippen LogP contribution in [0, 0.1) is 13.8 Å². The van der Waals surface area contributed by atoms with E-state index in [0.29, 0.717) is 0 Å². The Kier molecular flexibility index (Phi) is 25.5. The second-order valence-corrected chi connectivity index (χ2v) is 33.2. The Balaban J connectivity index is 0.000000169. The number of aryl methyl sites for hydroxylation is 2. The summed E-state index contributed by atoms with van der Waals surface area (Å²) in [6.45, 7) is 4.26. The van der Waals surface area contributed by atoms with Crippen LogP contribution < -0.4 is 19.6 Å². The summed E-state index contributed by atoms with van der Waals surface area (Å²) in [7, 11) is 0. The van der Waals surface area contributed by atoms with Gasteiger partial charge in [-0.15, -0.1) is 0 Å². The summed E-state index contributed by atoms with van der Waals surface area (Å²) in [5, 5.41) is 0. The van der Waals surface area contributed by atoms with Crippen molar-refractivity contribution in [2.45, 2.75) is 39.5 Å². The molecule has 624 valence electrons. The molecule has 0 amide bonds.